The molecule has 4 rings (SSSR count). The number of thiophene rings is 1. The van der Waals surface area contributed by atoms with Crippen LogP contribution in [0.2, 0.25) is 10.0 Å². The van der Waals surface area contributed by atoms with Gasteiger partial charge in [0.25, 0.3) is 11.7 Å². The predicted octanol–water partition coefficient (Wildman–Crippen LogP) is 5.56. The van der Waals surface area contributed by atoms with Crippen LogP contribution in [0.4, 0.5) is 5.69 Å². The van der Waals surface area contributed by atoms with Gasteiger partial charge in [0.1, 0.15) is 17.6 Å². The standard InChI is InChI=1S/C23H14Cl2N2O4S/c1-31-22-15(9-13(24)10-16(22)25)20(28)18-19(17-3-2-8-32-17)27(23(30)21(18)29)14-6-4-12(11-26)5-7-14/h2-10,19,28H,1H3/b20-18-. The Hall–Kier alpha value is -3.31. The predicted molar refractivity (Wildman–Crippen MR) is 123 cm³/mol. The third kappa shape index (κ3) is 3.63. The highest BCUT2D eigenvalue weighted by Gasteiger charge is 2.47. The maximum atomic E-state index is 13.1. The summed E-state index contributed by atoms with van der Waals surface area (Å²) < 4.78 is 5.31. The summed E-state index contributed by atoms with van der Waals surface area (Å²) in [4.78, 5) is 28.2. The van der Waals surface area contributed by atoms with Gasteiger partial charge in [0.15, 0.2) is 0 Å². The van der Waals surface area contributed by atoms with Crippen LogP contribution >= 0.6 is 34.5 Å². The molecule has 0 aliphatic carbocycles. The van der Waals surface area contributed by atoms with Crippen molar-refractivity contribution >= 4 is 57.7 Å². The molecule has 0 saturated carbocycles. The molecule has 3 aromatic rings. The molecule has 1 aliphatic rings. The monoisotopic (exact) mass is 484 g/mol. The molecule has 32 heavy (non-hydrogen) atoms. The summed E-state index contributed by atoms with van der Waals surface area (Å²) in [5.74, 6) is -1.98. The molecule has 1 aliphatic heterocycles. The van der Waals surface area contributed by atoms with E-state index in [9.17, 15) is 14.7 Å². The Bertz CT molecular complexity index is 1290. The lowest BCUT2D eigenvalue weighted by Crippen LogP contribution is -2.29. The summed E-state index contributed by atoms with van der Waals surface area (Å²) in [5.41, 5.74) is 0.818. The van der Waals surface area contributed by atoms with Crippen LogP contribution < -0.4 is 9.64 Å². The SMILES string of the molecule is COc1c(Cl)cc(Cl)cc1/C(O)=C1/C(=O)C(=O)N(c2ccc(C#N)cc2)C1c1cccs1. The Labute approximate surface area is 197 Å². The Morgan fingerprint density at radius 2 is 1.91 bits per heavy atom. The van der Waals surface area contributed by atoms with Crippen molar-refractivity contribution in [2.75, 3.05) is 12.0 Å². The molecule has 2 aromatic carbocycles. The Morgan fingerprint density at radius 1 is 1.19 bits per heavy atom. The minimum atomic E-state index is -0.884. The summed E-state index contributed by atoms with van der Waals surface area (Å²) in [6, 6.07) is 13.8. The number of rotatable bonds is 4. The van der Waals surface area contributed by atoms with Gasteiger partial charge in [-0.1, -0.05) is 29.3 Å². The van der Waals surface area contributed by atoms with Gasteiger partial charge in [-0.05, 0) is 47.8 Å². The smallest absolute Gasteiger partial charge is 0.300 e. The van der Waals surface area contributed by atoms with Crippen molar-refractivity contribution in [2.45, 2.75) is 6.04 Å². The number of ether oxygens (including phenoxy) is 1. The van der Waals surface area contributed by atoms with Crippen molar-refractivity contribution in [1.82, 2.24) is 0 Å². The number of ketones is 1. The number of hydrogen-bond donors (Lipinski definition) is 1. The Morgan fingerprint density at radius 3 is 2.50 bits per heavy atom. The summed E-state index contributed by atoms with van der Waals surface area (Å²) >= 11 is 13.7. The van der Waals surface area contributed by atoms with Crippen LogP contribution in [0, 0.1) is 11.3 Å². The molecule has 0 spiro atoms. The van der Waals surface area contributed by atoms with E-state index in [0.717, 1.165) is 0 Å². The van der Waals surface area contributed by atoms with Gasteiger partial charge >= 0.3 is 0 Å². The Balaban J connectivity index is 1.96. The van der Waals surface area contributed by atoms with E-state index in [4.69, 9.17) is 33.2 Å². The minimum absolute atomic E-state index is 0.101. The zero-order valence-electron chi connectivity index (χ0n) is 16.5. The first-order chi connectivity index (χ1) is 15.4. The highest BCUT2D eigenvalue weighted by atomic mass is 35.5. The molecule has 6 nitrogen and oxygen atoms in total. The highest BCUT2D eigenvalue weighted by molar-refractivity contribution is 7.10. The maximum Gasteiger partial charge on any atom is 0.300 e. The topological polar surface area (TPSA) is 90.6 Å². The summed E-state index contributed by atoms with van der Waals surface area (Å²) in [6.07, 6.45) is 0. The first kappa shape index (κ1) is 21.9. The zero-order valence-corrected chi connectivity index (χ0v) is 18.8. The molecule has 160 valence electrons. The molecule has 1 fully saturated rings. The van der Waals surface area contributed by atoms with Gasteiger partial charge in [-0.3, -0.25) is 14.5 Å². The number of amides is 1. The molecule has 1 unspecified atom stereocenters. The fraction of sp³-hybridized carbons (Fsp3) is 0.0870. The van der Waals surface area contributed by atoms with Crippen LogP contribution in [-0.2, 0) is 9.59 Å². The van der Waals surface area contributed by atoms with Gasteiger partial charge in [0.05, 0.1) is 34.9 Å². The number of benzene rings is 2. The van der Waals surface area contributed by atoms with E-state index in [1.165, 1.54) is 35.5 Å². The van der Waals surface area contributed by atoms with Gasteiger partial charge in [-0.25, -0.2) is 0 Å². The Kier molecular flexibility index (Phi) is 5.94. The fourth-order valence-electron chi connectivity index (χ4n) is 3.60. The van der Waals surface area contributed by atoms with Crippen LogP contribution in [0.3, 0.4) is 0 Å². The van der Waals surface area contributed by atoms with Crippen molar-refractivity contribution in [3.63, 3.8) is 0 Å². The molecule has 0 bridgehead atoms. The van der Waals surface area contributed by atoms with Gasteiger partial charge in [0.2, 0.25) is 0 Å². The van der Waals surface area contributed by atoms with Gasteiger partial charge in [-0.15, -0.1) is 11.3 Å². The third-order valence-corrected chi connectivity index (χ3v) is 6.42. The van der Waals surface area contributed by atoms with E-state index >= 15 is 0 Å². The lowest BCUT2D eigenvalue weighted by atomic mass is 9.99. The number of aliphatic hydroxyl groups is 1. The number of methoxy groups -OCH3 is 1. The van der Waals surface area contributed by atoms with Crippen LogP contribution in [0.15, 0.2) is 59.5 Å². The zero-order chi connectivity index (χ0) is 23.0. The van der Waals surface area contributed by atoms with E-state index in [1.807, 2.05) is 11.4 Å². The van der Waals surface area contributed by atoms with E-state index in [1.54, 1.807) is 36.4 Å². The molecule has 1 atom stereocenters. The average molecular weight is 485 g/mol. The molecule has 1 N–H and O–H groups in total. The number of nitriles is 1. The summed E-state index contributed by atoms with van der Waals surface area (Å²) in [7, 11) is 1.37. The molecule has 0 radical (unpaired) electrons. The molecule has 1 saturated heterocycles. The van der Waals surface area contributed by atoms with Gasteiger partial charge in [-0.2, -0.15) is 5.26 Å². The van der Waals surface area contributed by atoms with Crippen LogP contribution in [-0.4, -0.2) is 23.9 Å². The number of aliphatic hydroxyl groups excluding tert-OH is 1. The quantitative estimate of drug-likeness (QED) is 0.297. The number of anilines is 1. The number of halogens is 2. The minimum Gasteiger partial charge on any atom is -0.507 e. The molecule has 1 aromatic heterocycles. The van der Waals surface area contributed by atoms with Crippen molar-refractivity contribution in [1.29, 1.82) is 5.26 Å². The lowest BCUT2D eigenvalue weighted by Gasteiger charge is -2.24. The second-order valence-electron chi connectivity index (χ2n) is 6.81. The van der Waals surface area contributed by atoms with Crippen LogP contribution in [0.5, 0.6) is 5.75 Å². The largest absolute Gasteiger partial charge is 0.507 e. The highest BCUT2D eigenvalue weighted by Crippen LogP contribution is 2.45. The second-order valence-corrected chi connectivity index (χ2v) is 8.63. The van der Waals surface area contributed by atoms with Crippen LogP contribution in [0.25, 0.3) is 5.76 Å². The maximum absolute atomic E-state index is 13.1. The van der Waals surface area contributed by atoms with E-state index in [-0.39, 0.29) is 26.9 Å². The fourth-order valence-corrected chi connectivity index (χ4v) is 4.99. The molecule has 2 heterocycles. The first-order valence-corrected chi connectivity index (χ1v) is 10.9. The third-order valence-electron chi connectivity index (χ3n) is 5.00. The van der Waals surface area contributed by atoms with Crippen molar-refractivity contribution in [3.8, 4) is 11.8 Å². The number of carbonyl (C=O) groups is 2. The average Bonchev–Trinajstić information content (AvgIpc) is 3.40. The first-order valence-electron chi connectivity index (χ1n) is 9.25. The molecular formula is C23H14Cl2N2O4S. The number of nitrogens with zero attached hydrogens (tertiary/aromatic N) is 2. The van der Waals surface area contributed by atoms with E-state index < -0.39 is 23.5 Å². The number of hydrogen-bond acceptors (Lipinski definition) is 6. The lowest BCUT2D eigenvalue weighted by molar-refractivity contribution is -0.132. The summed E-state index contributed by atoms with van der Waals surface area (Å²) in [6.45, 7) is 0. The molecular weight excluding hydrogens is 471 g/mol. The van der Waals surface area contributed by atoms with E-state index in [0.29, 0.717) is 16.1 Å². The van der Waals surface area contributed by atoms with Crippen molar-refractivity contribution < 1.29 is 19.4 Å². The molecule has 1 amide bonds. The van der Waals surface area contributed by atoms with Gasteiger partial charge < -0.3 is 9.84 Å². The van der Waals surface area contributed by atoms with Crippen molar-refractivity contribution in [2.24, 2.45) is 0 Å². The normalized spacial score (nSPS) is 17.4. The van der Waals surface area contributed by atoms with Gasteiger partial charge in [0, 0.05) is 15.6 Å². The second kappa shape index (κ2) is 8.67. The van der Waals surface area contributed by atoms with Crippen LogP contribution in [0.1, 0.15) is 22.0 Å². The summed E-state index contributed by atoms with van der Waals surface area (Å²) in [5, 5.41) is 22.5. The van der Waals surface area contributed by atoms with Crippen molar-refractivity contribution in [3.05, 3.63) is 85.5 Å². The number of Topliss-reactive ketones (excluding diaryl/α,β-unsaturated/α-hetero) is 1. The number of carbonyl (C=O) groups excluding carboxylic acids is 2. The molecule has 9 heteroatoms. The van der Waals surface area contributed by atoms with E-state index in [2.05, 4.69) is 0 Å².